The molecule has 0 aliphatic carbocycles. The Morgan fingerprint density at radius 3 is 2.62 bits per heavy atom. The number of amides is 1. The maximum atomic E-state index is 12.3. The molecule has 0 bridgehead atoms. The predicted molar refractivity (Wildman–Crippen MR) is 90.7 cm³/mol. The molecule has 0 fully saturated rings. The maximum Gasteiger partial charge on any atom is 0.250 e. The molecule has 0 atom stereocenters. The van der Waals surface area contributed by atoms with Gasteiger partial charge in [0.05, 0.1) is 11.9 Å². The van der Waals surface area contributed by atoms with Crippen LogP contribution in [-0.4, -0.2) is 32.2 Å². The molecule has 0 saturated carbocycles. The molecule has 0 spiro atoms. The van der Waals surface area contributed by atoms with Gasteiger partial charge >= 0.3 is 0 Å². The average molecular weight is 322 g/mol. The van der Waals surface area contributed by atoms with E-state index in [4.69, 9.17) is 0 Å². The smallest absolute Gasteiger partial charge is 0.250 e. The molecule has 6 nitrogen and oxygen atoms in total. The topological polar surface area (TPSA) is 60.1 Å². The molecule has 1 amide bonds. The third kappa shape index (κ3) is 3.60. The number of carbonyl (C=O) groups excluding carboxylic acids is 1. The molecule has 0 radical (unpaired) electrons. The predicted octanol–water partition coefficient (Wildman–Crippen LogP) is 1.69. The summed E-state index contributed by atoms with van der Waals surface area (Å²) < 4.78 is 3.17. The van der Waals surface area contributed by atoms with Gasteiger partial charge in [0.25, 0.3) is 5.56 Å². The number of para-hydroxylation sites is 1. The molecule has 122 valence electrons. The van der Waals surface area contributed by atoms with Crippen molar-refractivity contribution in [1.82, 2.24) is 19.2 Å². The van der Waals surface area contributed by atoms with Crippen LogP contribution in [0.15, 0.2) is 71.9 Å². The Morgan fingerprint density at radius 2 is 1.88 bits per heavy atom. The SMILES string of the molecule is CN(Cc1cnn(-c2ccccc2)c1)C(=O)Cn1ccccc1=O. The number of likely N-dealkylation sites (N-methyl/N-ethyl adjacent to an activating group) is 1. The summed E-state index contributed by atoms with van der Waals surface area (Å²) in [6.07, 6.45) is 5.25. The summed E-state index contributed by atoms with van der Waals surface area (Å²) in [5, 5.41) is 4.32. The lowest BCUT2D eigenvalue weighted by Gasteiger charge is -2.16. The van der Waals surface area contributed by atoms with Crippen LogP contribution in [-0.2, 0) is 17.9 Å². The van der Waals surface area contributed by atoms with Crippen molar-refractivity contribution in [2.75, 3.05) is 7.05 Å². The summed E-state index contributed by atoms with van der Waals surface area (Å²) >= 11 is 0. The van der Waals surface area contributed by atoms with Gasteiger partial charge in [-0.2, -0.15) is 5.10 Å². The fourth-order valence-corrected chi connectivity index (χ4v) is 2.38. The van der Waals surface area contributed by atoms with E-state index >= 15 is 0 Å². The van der Waals surface area contributed by atoms with Crippen molar-refractivity contribution in [2.45, 2.75) is 13.1 Å². The second-order valence-corrected chi connectivity index (χ2v) is 5.55. The van der Waals surface area contributed by atoms with Crippen LogP contribution in [0.1, 0.15) is 5.56 Å². The minimum absolute atomic E-state index is 0.0307. The molecular weight excluding hydrogens is 304 g/mol. The number of nitrogens with zero attached hydrogens (tertiary/aromatic N) is 4. The first-order valence-corrected chi connectivity index (χ1v) is 7.62. The lowest BCUT2D eigenvalue weighted by atomic mass is 10.3. The normalized spacial score (nSPS) is 10.5. The van der Waals surface area contributed by atoms with Crippen LogP contribution in [0.3, 0.4) is 0 Å². The first-order valence-electron chi connectivity index (χ1n) is 7.62. The minimum atomic E-state index is -0.184. The van der Waals surface area contributed by atoms with Crippen LogP contribution in [0, 0.1) is 0 Å². The second-order valence-electron chi connectivity index (χ2n) is 5.55. The Labute approximate surface area is 139 Å². The number of carbonyl (C=O) groups is 1. The zero-order valence-electron chi connectivity index (χ0n) is 13.4. The van der Waals surface area contributed by atoms with Gasteiger partial charge in [0, 0.05) is 37.6 Å². The number of aromatic nitrogens is 3. The lowest BCUT2D eigenvalue weighted by Crippen LogP contribution is -2.33. The Balaban J connectivity index is 1.66. The summed E-state index contributed by atoms with van der Waals surface area (Å²) in [6.45, 7) is 0.468. The molecule has 0 saturated heterocycles. The van der Waals surface area contributed by atoms with Crippen LogP contribution < -0.4 is 5.56 Å². The largest absolute Gasteiger partial charge is 0.340 e. The molecule has 0 aliphatic heterocycles. The highest BCUT2D eigenvalue weighted by Gasteiger charge is 2.12. The molecule has 0 unspecified atom stereocenters. The standard InChI is InChI=1S/C18H18N4O2/c1-20(18(24)14-21-10-6-5-9-17(21)23)12-15-11-19-22(13-15)16-7-3-2-4-8-16/h2-11,13H,12,14H2,1H3. The molecule has 3 rings (SSSR count). The molecular formula is C18H18N4O2. The zero-order chi connectivity index (χ0) is 16.9. The van der Waals surface area contributed by atoms with Gasteiger partial charge in [-0.15, -0.1) is 0 Å². The maximum absolute atomic E-state index is 12.3. The monoisotopic (exact) mass is 322 g/mol. The second kappa shape index (κ2) is 6.95. The molecule has 0 N–H and O–H groups in total. The summed E-state index contributed by atoms with van der Waals surface area (Å²) in [5.74, 6) is -0.129. The van der Waals surface area contributed by atoms with Crippen LogP contribution in [0.25, 0.3) is 5.69 Å². The van der Waals surface area contributed by atoms with Crippen molar-refractivity contribution < 1.29 is 4.79 Å². The third-order valence-corrected chi connectivity index (χ3v) is 3.71. The van der Waals surface area contributed by atoms with E-state index in [9.17, 15) is 9.59 Å². The van der Waals surface area contributed by atoms with Gasteiger partial charge < -0.3 is 9.47 Å². The van der Waals surface area contributed by atoms with Gasteiger partial charge in [0.1, 0.15) is 6.54 Å². The Hall–Kier alpha value is -3.15. The van der Waals surface area contributed by atoms with Gasteiger partial charge in [-0.1, -0.05) is 24.3 Å². The van der Waals surface area contributed by atoms with E-state index < -0.39 is 0 Å². The average Bonchev–Trinajstić information content (AvgIpc) is 3.06. The molecule has 1 aromatic carbocycles. The number of benzene rings is 1. The van der Waals surface area contributed by atoms with Crippen molar-refractivity contribution in [1.29, 1.82) is 0 Å². The van der Waals surface area contributed by atoms with Crippen molar-refractivity contribution in [3.05, 3.63) is 83.0 Å². The highest BCUT2D eigenvalue weighted by molar-refractivity contribution is 5.75. The van der Waals surface area contributed by atoms with Crippen molar-refractivity contribution in [3.8, 4) is 5.69 Å². The van der Waals surface area contributed by atoms with Crippen molar-refractivity contribution in [3.63, 3.8) is 0 Å². The van der Waals surface area contributed by atoms with Gasteiger partial charge in [-0.25, -0.2) is 4.68 Å². The van der Waals surface area contributed by atoms with E-state index in [1.54, 1.807) is 41.2 Å². The quantitative estimate of drug-likeness (QED) is 0.718. The Morgan fingerprint density at radius 1 is 1.12 bits per heavy atom. The molecule has 6 heteroatoms. The van der Waals surface area contributed by atoms with Gasteiger partial charge in [-0.3, -0.25) is 9.59 Å². The van der Waals surface area contributed by atoms with Gasteiger partial charge in [0.2, 0.25) is 5.91 Å². The fraction of sp³-hybridized carbons (Fsp3) is 0.167. The van der Waals surface area contributed by atoms with E-state index in [0.29, 0.717) is 6.54 Å². The summed E-state index contributed by atoms with van der Waals surface area (Å²) in [5.41, 5.74) is 1.71. The fourth-order valence-electron chi connectivity index (χ4n) is 2.38. The number of rotatable bonds is 5. The highest BCUT2D eigenvalue weighted by atomic mass is 16.2. The zero-order valence-corrected chi connectivity index (χ0v) is 13.4. The van der Waals surface area contributed by atoms with E-state index in [2.05, 4.69) is 5.10 Å². The van der Waals surface area contributed by atoms with Crippen LogP contribution in [0.5, 0.6) is 0 Å². The van der Waals surface area contributed by atoms with Gasteiger partial charge in [0.15, 0.2) is 0 Å². The van der Waals surface area contributed by atoms with Crippen LogP contribution >= 0.6 is 0 Å². The minimum Gasteiger partial charge on any atom is -0.340 e. The molecule has 0 aliphatic rings. The number of hydrogen-bond acceptors (Lipinski definition) is 3. The molecule has 3 aromatic rings. The number of pyridine rings is 1. The third-order valence-electron chi connectivity index (χ3n) is 3.71. The van der Waals surface area contributed by atoms with Crippen molar-refractivity contribution >= 4 is 5.91 Å². The molecule has 2 heterocycles. The molecule has 24 heavy (non-hydrogen) atoms. The first-order chi connectivity index (χ1) is 11.6. The Bertz CT molecular complexity index is 883. The van der Waals surface area contributed by atoms with E-state index in [1.165, 1.54) is 10.6 Å². The lowest BCUT2D eigenvalue weighted by molar-refractivity contribution is -0.131. The van der Waals surface area contributed by atoms with E-state index in [-0.39, 0.29) is 18.0 Å². The van der Waals surface area contributed by atoms with E-state index in [0.717, 1.165) is 11.3 Å². The summed E-state index contributed by atoms with van der Waals surface area (Å²) in [6, 6.07) is 14.6. The molecule has 2 aromatic heterocycles. The number of hydrogen-bond donors (Lipinski definition) is 0. The Kier molecular flexibility index (Phi) is 4.56. The first kappa shape index (κ1) is 15.7. The van der Waals surface area contributed by atoms with Crippen LogP contribution in [0.2, 0.25) is 0 Å². The van der Waals surface area contributed by atoms with Gasteiger partial charge in [-0.05, 0) is 18.2 Å². The summed E-state index contributed by atoms with van der Waals surface area (Å²) in [4.78, 5) is 25.5. The highest BCUT2D eigenvalue weighted by Crippen LogP contribution is 2.09. The van der Waals surface area contributed by atoms with Crippen LogP contribution in [0.4, 0.5) is 0 Å². The summed E-state index contributed by atoms with van der Waals surface area (Å²) in [7, 11) is 1.72. The van der Waals surface area contributed by atoms with E-state index in [1.807, 2.05) is 36.5 Å². The van der Waals surface area contributed by atoms with Crippen molar-refractivity contribution in [2.24, 2.45) is 0 Å².